The van der Waals surface area contributed by atoms with Crippen LogP contribution in [0.5, 0.6) is 0 Å². The number of rotatable bonds is 7. The first-order valence-corrected chi connectivity index (χ1v) is 5.44. The molecular formula is C11H20O5. The second kappa shape index (κ2) is 6.48. The second-order valence-electron chi connectivity index (χ2n) is 4.17. The van der Waals surface area contributed by atoms with Gasteiger partial charge in [-0.1, -0.05) is 13.8 Å². The fraction of sp³-hybridized carbons (Fsp3) is 0.818. The van der Waals surface area contributed by atoms with E-state index in [4.69, 9.17) is 9.84 Å². The van der Waals surface area contributed by atoms with Crippen LogP contribution in [0.4, 0.5) is 0 Å². The lowest BCUT2D eigenvalue weighted by Crippen LogP contribution is -2.32. The van der Waals surface area contributed by atoms with E-state index in [9.17, 15) is 14.7 Å². The Labute approximate surface area is 95.4 Å². The zero-order chi connectivity index (χ0) is 12.8. The lowest BCUT2D eigenvalue weighted by molar-refractivity contribution is -0.156. The van der Waals surface area contributed by atoms with Crippen LogP contribution < -0.4 is 0 Å². The van der Waals surface area contributed by atoms with Gasteiger partial charge < -0.3 is 14.9 Å². The number of hydrogen-bond acceptors (Lipinski definition) is 4. The molecule has 0 heterocycles. The van der Waals surface area contributed by atoms with Gasteiger partial charge in [-0.2, -0.15) is 0 Å². The van der Waals surface area contributed by atoms with Crippen LogP contribution in [0.2, 0.25) is 0 Å². The van der Waals surface area contributed by atoms with Crippen molar-refractivity contribution in [2.24, 2.45) is 0 Å². The third kappa shape index (κ3) is 6.40. The molecule has 0 fully saturated rings. The quantitative estimate of drug-likeness (QED) is 0.647. The average Bonchev–Trinajstić information content (AvgIpc) is 2.10. The summed E-state index contributed by atoms with van der Waals surface area (Å²) in [6.45, 7) is 5.11. The molecule has 0 rings (SSSR count). The number of carbonyl (C=O) groups is 2. The van der Waals surface area contributed by atoms with E-state index in [1.54, 1.807) is 0 Å². The molecule has 0 aromatic rings. The molecule has 94 valence electrons. The first-order valence-electron chi connectivity index (χ1n) is 5.44. The number of hydrogen-bond donors (Lipinski definition) is 2. The molecule has 5 nitrogen and oxygen atoms in total. The van der Waals surface area contributed by atoms with Crippen molar-refractivity contribution in [2.75, 3.05) is 0 Å². The summed E-state index contributed by atoms with van der Waals surface area (Å²) < 4.78 is 5.07. The lowest BCUT2D eigenvalue weighted by atomic mass is 9.98. The summed E-state index contributed by atoms with van der Waals surface area (Å²) in [6, 6.07) is 0. The van der Waals surface area contributed by atoms with Gasteiger partial charge >= 0.3 is 11.9 Å². The molecule has 0 amide bonds. The van der Waals surface area contributed by atoms with Crippen molar-refractivity contribution >= 4 is 11.9 Å². The van der Waals surface area contributed by atoms with Gasteiger partial charge in [0.05, 0.1) is 18.4 Å². The molecule has 0 radical (unpaired) electrons. The molecular weight excluding hydrogens is 212 g/mol. The largest absolute Gasteiger partial charge is 0.481 e. The number of aliphatic hydroxyl groups is 1. The Morgan fingerprint density at radius 3 is 2.12 bits per heavy atom. The standard InChI is InChI=1S/C11H20O5/c1-4-8(5-2)16-10(14)7-11(3,15)6-9(12)13/h8,15H,4-7H2,1-3H3,(H,12,13)/t11-/m1/s1. The summed E-state index contributed by atoms with van der Waals surface area (Å²) in [4.78, 5) is 21.8. The fourth-order valence-corrected chi connectivity index (χ4v) is 1.38. The summed E-state index contributed by atoms with van der Waals surface area (Å²) in [5.41, 5.74) is -1.55. The van der Waals surface area contributed by atoms with Gasteiger partial charge in [-0.25, -0.2) is 0 Å². The maximum atomic E-state index is 11.4. The highest BCUT2D eigenvalue weighted by Crippen LogP contribution is 2.16. The summed E-state index contributed by atoms with van der Waals surface area (Å²) in [7, 11) is 0. The molecule has 0 aliphatic rings. The van der Waals surface area contributed by atoms with E-state index in [-0.39, 0.29) is 12.5 Å². The molecule has 1 atom stereocenters. The molecule has 0 aliphatic carbocycles. The normalized spacial score (nSPS) is 14.6. The molecule has 5 heteroatoms. The number of carboxylic acid groups (broad SMARTS) is 1. The average molecular weight is 232 g/mol. The molecule has 0 saturated carbocycles. The molecule has 0 spiro atoms. The minimum atomic E-state index is -1.55. The third-order valence-corrected chi connectivity index (χ3v) is 2.27. The maximum Gasteiger partial charge on any atom is 0.308 e. The Hall–Kier alpha value is -1.10. The van der Waals surface area contributed by atoms with E-state index in [1.807, 2.05) is 13.8 Å². The SMILES string of the molecule is CCC(CC)OC(=O)C[C@](C)(O)CC(=O)O. The zero-order valence-electron chi connectivity index (χ0n) is 10.0. The van der Waals surface area contributed by atoms with Crippen molar-refractivity contribution < 1.29 is 24.5 Å². The van der Waals surface area contributed by atoms with Gasteiger partial charge in [-0.05, 0) is 19.8 Å². The van der Waals surface area contributed by atoms with Crippen LogP contribution in [0.25, 0.3) is 0 Å². The Kier molecular flexibility index (Phi) is 6.03. The van der Waals surface area contributed by atoms with Crippen LogP contribution in [-0.2, 0) is 14.3 Å². The molecule has 0 bridgehead atoms. The van der Waals surface area contributed by atoms with Crippen LogP contribution in [0.3, 0.4) is 0 Å². The second-order valence-corrected chi connectivity index (χ2v) is 4.17. The molecule has 0 aliphatic heterocycles. The summed E-state index contributed by atoms with van der Waals surface area (Å²) in [5.74, 6) is -1.69. The predicted octanol–water partition coefficient (Wildman–Crippen LogP) is 1.33. The summed E-state index contributed by atoms with van der Waals surface area (Å²) in [5, 5.41) is 18.2. The maximum absolute atomic E-state index is 11.4. The molecule has 0 unspecified atom stereocenters. The van der Waals surface area contributed by atoms with Crippen LogP contribution in [0.15, 0.2) is 0 Å². The summed E-state index contributed by atoms with van der Waals surface area (Å²) >= 11 is 0. The Morgan fingerprint density at radius 1 is 1.25 bits per heavy atom. The smallest absolute Gasteiger partial charge is 0.308 e. The van der Waals surface area contributed by atoms with E-state index in [2.05, 4.69) is 0 Å². The number of ether oxygens (including phenoxy) is 1. The van der Waals surface area contributed by atoms with E-state index in [0.29, 0.717) is 12.8 Å². The molecule has 0 aromatic carbocycles. The van der Waals surface area contributed by atoms with E-state index in [0.717, 1.165) is 0 Å². The van der Waals surface area contributed by atoms with Crippen molar-refractivity contribution in [1.82, 2.24) is 0 Å². The van der Waals surface area contributed by atoms with Gasteiger partial charge in [-0.3, -0.25) is 9.59 Å². The van der Waals surface area contributed by atoms with Gasteiger partial charge in [-0.15, -0.1) is 0 Å². The Morgan fingerprint density at radius 2 is 1.75 bits per heavy atom. The first-order chi connectivity index (χ1) is 7.30. The lowest BCUT2D eigenvalue weighted by Gasteiger charge is -2.21. The van der Waals surface area contributed by atoms with Gasteiger partial charge in [0.25, 0.3) is 0 Å². The van der Waals surface area contributed by atoms with Crippen LogP contribution in [0.1, 0.15) is 46.5 Å². The van der Waals surface area contributed by atoms with Gasteiger partial charge in [0.1, 0.15) is 6.10 Å². The number of carboxylic acids is 1. The topological polar surface area (TPSA) is 83.8 Å². The number of esters is 1. The minimum absolute atomic E-state index is 0.159. The highest BCUT2D eigenvalue weighted by atomic mass is 16.5. The molecule has 0 saturated heterocycles. The molecule has 0 aromatic heterocycles. The number of aliphatic carboxylic acids is 1. The van der Waals surface area contributed by atoms with Gasteiger partial charge in [0.2, 0.25) is 0 Å². The predicted molar refractivity (Wildman–Crippen MR) is 58.0 cm³/mol. The fourth-order valence-electron chi connectivity index (χ4n) is 1.38. The summed E-state index contributed by atoms with van der Waals surface area (Å²) in [6.07, 6.45) is 0.501. The minimum Gasteiger partial charge on any atom is -0.481 e. The first kappa shape index (κ1) is 14.9. The van der Waals surface area contributed by atoms with Crippen molar-refractivity contribution in [3.8, 4) is 0 Å². The van der Waals surface area contributed by atoms with E-state index >= 15 is 0 Å². The van der Waals surface area contributed by atoms with Crippen molar-refractivity contribution in [3.05, 3.63) is 0 Å². The Bertz CT molecular complexity index is 243. The highest BCUT2D eigenvalue weighted by Gasteiger charge is 2.29. The molecule has 16 heavy (non-hydrogen) atoms. The van der Waals surface area contributed by atoms with Crippen molar-refractivity contribution in [1.29, 1.82) is 0 Å². The van der Waals surface area contributed by atoms with E-state index < -0.39 is 24.0 Å². The van der Waals surface area contributed by atoms with E-state index in [1.165, 1.54) is 6.92 Å². The highest BCUT2D eigenvalue weighted by molar-refractivity contribution is 5.73. The van der Waals surface area contributed by atoms with Crippen LogP contribution in [-0.4, -0.2) is 33.9 Å². The third-order valence-electron chi connectivity index (χ3n) is 2.27. The zero-order valence-corrected chi connectivity index (χ0v) is 10.0. The van der Waals surface area contributed by atoms with Crippen molar-refractivity contribution in [2.45, 2.75) is 58.2 Å². The number of carbonyl (C=O) groups excluding carboxylic acids is 1. The van der Waals surface area contributed by atoms with Crippen LogP contribution >= 0.6 is 0 Å². The van der Waals surface area contributed by atoms with Gasteiger partial charge in [0.15, 0.2) is 0 Å². The van der Waals surface area contributed by atoms with Gasteiger partial charge in [0, 0.05) is 0 Å². The van der Waals surface area contributed by atoms with Crippen LogP contribution in [0, 0.1) is 0 Å². The monoisotopic (exact) mass is 232 g/mol. The Balaban J connectivity index is 4.17. The molecule has 2 N–H and O–H groups in total. The van der Waals surface area contributed by atoms with Crippen molar-refractivity contribution in [3.63, 3.8) is 0 Å².